The van der Waals surface area contributed by atoms with Crippen molar-refractivity contribution in [1.82, 2.24) is 4.98 Å². The van der Waals surface area contributed by atoms with Crippen LogP contribution in [0.15, 0.2) is 18.5 Å². The minimum Gasteiger partial charge on any atom is -0.273 e. The molecule has 0 atom stereocenters. The number of pyridine rings is 1. The summed E-state index contributed by atoms with van der Waals surface area (Å²) in [4.78, 5) is 15.0. The van der Waals surface area contributed by atoms with E-state index in [4.69, 9.17) is 5.84 Å². The number of carbonyl (C=O) groups excluding carboxylic acids is 1. The zero-order valence-corrected chi connectivity index (χ0v) is 6.53. The number of fused-ring (bicyclic) bond motifs is 1. The highest BCUT2D eigenvalue weighted by Crippen LogP contribution is 2.23. The molecule has 2 heterocycles. The molecule has 1 amide bonds. The van der Waals surface area contributed by atoms with Gasteiger partial charge in [-0.2, -0.15) is 0 Å². The number of hydrogen-bond acceptors (Lipinski definition) is 3. The lowest BCUT2D eigenvalue weighted by Crippen LogP contribution is -2.40. The van der Waals surface area contributed by atoms with Crippen LogP contribution >= 0.6 is 0 Å². The van der Waals surface area contributed by atoms with Crippen LogP contribution in [0.4, 0.5) is 5.69 Å². The molecule has 4 heteroatoms. The van der Waals surface area contributed by atoms with E-state index in [2.05, 4.69) is 4.98 Å². The maximum absolute atomic E-state index is 11.1. The molecule has 0 fully saturated rings. The Labute approximate surface area is 70.0 Å². The van der Waals surface area contributed by atoms with Crippen LogP contribution in [0.1, 0.15) is 12.0 Å². The second kappa shape index (κ2) is 2.57. The molecule has 0 saturated carbocycles. The van der Waals surface area contributed by atoms with Crippen molar-refractivity contribution in [3.63, 3.8) is 0 Å². The number of hydrogen-bond donors (Lipinski definition) is 1. The molecule has 1 aliphatic heterocycles. The predicted octanol–water partition coefficient (Wildman–Crippen LogP) is 0.234. The van der Waals surface area contributed by atoms with Crippen molar-refractivity contribution in [2.75, 3.05) is 5.01 Å². The Hall–Kier alpha value is -1.42. The maximum atomic E-state index is 11.1. The zero-order valence-electron chi connectivity index (χ0n) is 6.53. The van der Waals surface area contributed by atoms with Crippen LogP contribution in [0.25, 0.3) is 0 Å². The third kappa shape index (κ3) is 0.967. The standard InChI is InChI=1S/C8H9N3O/c9-11-7-5-10-4-3-6(7)1-2-8(11)12/h3-5H,1-2,9H2. The average Bonchev–Trinajstić information content (AvgIpc) is 2.12. The quantitative estimate of drug-likeness (QED) is 0.440. The lowest BCUT2D eigenvalue weighted by atomic mass is 10.1. The molecular formula is C8H9N3O. The SMILES string of the molecule is NN1C(=O)CCc2ccncc21. The molecule has 1 aliphatic rings. The first-order valence-electron chi connectivity index (χ1n) is 3.79. The van der Waals surface area contributed by atoms with Gasteiger partial charge in [0.1, 0.15) is 0 Å². The molecule has 0 bridgehead atoms. The Morgan fingerprint density at radius 3 is 3.17 bits per heavy atom. The van der Waals surface area contributed by atoms with Gasteiger partial charge in [0.05, 0.1) is 11.9 Å². The van der Waals surface area contributed by atoms with E-state index in [1.165, 1.54) is 5.01 Å². The molecule has 62 valence electrons. The Morgan fingerprint density at radius 2 is 2.33 bits per heavy atom. The van der Waals surface area contributed by atoms with Gasteiger partial charge >= 0.3 is 0 Å². The second-order valence-electron chi connectivity index (χ2n) is 2.77. The van der Waals surface area contributed by atoms with E-state index in [1.807, 2.05) is 6.07 Å². The number of hydrazine groups is 1. The summed E-state index contributed by atoms with van der Waals surface area (Å²) in [5, 5.41) is 1.17. The van der Waals surface area contributed by atoms with Crippen LogP contribution in [0.5, 0.6) is 0 Å². The van der Waals surface area contributed by atoms with Crippen LogP contribution in [-0.4, -0.2) is 10.9 Å². The van der Waals surface area contributed by atoms with Gasteiger partial charge in [0.15, 0.2) is 0 Å². The topological polar surface area (TPSA) is 59.2 Å². The lowest BCUT2D eigenvalue weighted by molar-refractivity contribution is -0.119. The highest BCUT2D eigenvalue weighted by atomic mass is 16.2. The fourth-order valence-electron chi connectivity index (χ4n) is 1.34. The van der Waals surface area contributed by atoms with Crippen molar-refractivity contribution >= 4 is 11.6 Å². The molecule has 0 spiro atoms. The molecule has 4 nitrogen and oxygen atoms in total. The fourth-order valence-corrected chi connectivity index (χ4v) is 1.34. The number of carbonyl (C=O) groups is 1. The maximum Gasteiger partial charge on any atom is 0.241 e. The van der Waals surface area contributed by atoms with Crippen LogP contribution in [0.3, 0.4) is 0 Å². The van der Waals surface area contributed by atoms with Gasteiger partial charge in [-0.1, -0.05) is 0 Å². The molecule has 0 saturated heterocycles. The first-order chi connectivity index (χ1) is 5.79. The van der Waals surface area contributed by atoms with Crippen LogP contribution < -0.4 is 10.9 Å². The summed E-state index contributed by atoms with van der Waals surface area (Å²) in [6.45, 7) is 0. The number of rotatable bonds is 0. The van der Waals surface area contributed by atoms with Crippen molar-refractivity contribution in [1.29, 1.82) is 0 Å². The lowest BCUT2D eigenvalue weighted by Gasteiger charge is -2.23. The first-order valence-corrected chi connectivity index (χ1v) is 3.79. The summed E-state index contributed by atoms with van der Waals surface area (Å²) < 4.78 is 0. The summed E-state index contributed by atoms with van der Waals surface area (Å²) in [5.41, 5.74) is 1.82. The molecule has 12 heavy (non-hydrogen) atoms. The van der Waals surface area contributed by atoms with Gasteiger partial charge < -0.3 is 0 Å². The molecule has 0 radical (unpaired) electrons. The highest BCUT2D eigenvalue weighted by Gasteiger charge is 2.20. The molecule has 0 unspecified atom stereocenters. The van der Waals surface area contributed by atoms with Gasteiger partial charge in [-0.25, -0.2) is 10.9 Å². The van der Waals surface area contributed by atoms with Gasteiger partial charge in [-0.05, 0) is 18.1 Å². The molecule has 2 N–H and O–H groups in total. The van der Waals surface area contributed by atoms with Gasteiger partial charge in [-0.15, -0.1) is 0 Å². The third-order valence-electron chi connectivity index (χ3n) is 2.02. The van der Waals surface area contributed by atoms with Crippen molar-refractivity contribution < 1.29 is 4.79 Å². The highest BCUT2D eigenvalue weighted by molar-refractivity contribution is 5.94. The number of nitrogens with zero attached hydrogens (tertiary/aromatic N) is 2. The van der Waals surface area contributed by atoms with Crippen LogP contribution in [-0.2, 0) is 11.2 Å². The van der Waals surface area contributed by atoms with Crippen molar-refractivity contribution in [2.45, 2.75) is 12.8 Å². The summed E-state index contributed by atoms with van der Waals surface area (Å²) in [6, 6.07) is 1.89. The molecule has 0 aliphatic carbocycles. The van der Waals surface area contributed by atoms with Crippen LogP contribution in [0, 0.1) is 0 Å². The largest absolute Gasteiger partial charge is 0.273 e. The van der Waals surface area contributed by atoms with Crippen molar-refractivity contribution in [3.8, 4) is 0 Å². The van der Waals surface area contributed by atoms with E-state index >= 15 is 0 Å². The summed E-state index contributed by atoms with van der Waals surface area (Å²) in [5.74, 6) is 5.49. The smallest absolute Gasteiger partial charge is 0.241 e. The Bertz CT molecular complexity index is 324. The van der Waals surface area contributed by atoms with Gasteiger partial charge in [0, 0.05) is 12.6 Å². The average molecular weight is 163 g/mol. The summed E-state index contributed by atoms with van der Waals surface area (Å²) in [6.07, 6.45) is 4.59. The number of aromatic nitrogens is 1. The van der Waals surface area contributed by atoms with E-state index in [0.29, 0.717) is 6.42 Å². The number of anilines is 1. The summed E-state index contributed by atoms with van der Waals surface area (Å²) >= 11 is 0. The van der Waals surface area contributed by atoms with E-state index in [9.17, 15) is 4.79 Å². The summed E-state index contributed by atoms with van der Waals surface area (Å²) in [7, 11) is 0. The molecule has 1 aromatic heterocycles. The molecule has 0 aromatic carbocycles. The Balaban J connectivity index is 2.48. The second-order valence-corrected chi connectivity index (χ2v) is 2.77. The van der Waals surface area contributed by atoms with Gasteiger partial charge in [0.2, 0.25) is 5.91 Å². The third-order valence-corrected chi connectivity index (χ3v) is 2.02. The van der Waals surface area contributed by atoms with E-state index in [-0.39, 0.29) is 5.91 Å². The minimum atomic E-state index is -0.0458. The van der Waals surface area contributed by atoms with Crippen molar-refractivity contribution in [2.24, 2.45) is 5.84 Å². The van der Waals surface area contributed by atoms with Crippen molar-refractivity contribution in [3.05, 3.63) is 24.0 Å². The fraction of sp³-hybridized carbons (Fsp3) is 0.250. The minimum absolute atomic E-state index is 0.0458. The number of aryl methyl sites for hydroxylation is 1. The normalized spacial score (nSPS) is 16.1. The molecule has 2 rings (SSSR count). The monoisotopic (exact) mass is 163 g/mol. The zero-order chi connectivity index (χ0) is 8.55. The van der Waals surface area contributed by atoms with Gasteiger partial charge in [-0.3, -0.25) is 9.78 Å². The van der Waals surface area contributed by atoms with Crippen LogP contribution in [0.2, 0.25) is 0 Å². The van der Waals surface area contributed by atoms with Gasteiger partial charge in [0.25, 0.3) is 0 Å². The molecule has 1 aromatic rings. The van der Waals surface area contributed by atoms with E-state index in [1.54, 1.807) is 12.4 Å². The number of nitrogens with two attached hydrogens (primary N) is 1. The van der Waals surface area contributed by atoms with E-state index in [0.717, 1.165) is 17.7 Å². The molecular weight excluding hydrogens is 154 g/mol. The van der Waals surface area contributed by atoms with E-state index < -0.39 is 0 Å². The Kier molecular flexibility index (Phi) is 1.55. The Morgan fingerprint density at radius 1 is 1.50 bits per heavy atom. The number of amides is 1. The predicted molar refractivity (Wildman–Crippen MR) is 44.2 cm³/mol. The first kappa shape index (κ1) is 7.24.